The van der Waals surface area contributed by atoms with Crippen molar-refractivity contribution in [3.05, 3.63) is 29.3 Å². The molecule has 0 bridgehead atoms. The van der Waals surface area contributed by atoms with E-state index in [2.05, 4.69) is 18.3 Å². The van der Waals surface area contributed by atoms with Crippen molar-refractivity contribution in [2.24, 2.45) is 5.92 Å². The maximum Gasteiger partial charge on any atom is 0.226 e. The van der Waals surface area contributed by atoms with E-state index in [1.807, 2.05) is 31.0 Å². The molecule has 4 nitrogen and oxygen atoms in total. The number of carbonyl (C=O) groups excluding carboxylic acids is 1. The van der Waals surface area contributed by atoms with Gasteiger partial charge in [-0.25, -0.2) is 0 Å². The number of amides is 1. The Kier molecular flexibility index (Phi) is 6.25. The molecule has 2 rings (SSSR count). The zero-order valence-corrected chi connectivity index (χ0v) is 14.0. The molecule has 1 aromatic carbocycles. The highest BCUT2D eigenvalue weighted by molar-refractivity contribution is 5.76. The average molecular weight is 304 g/mol. The molecule has 1 amide bonds. The number of likely N-dealkylation sites (tertiary alicyclic amines) is 1. The quantitative estimate of drug-likeness (QED) is 0.878. The first-order chi connectivity index (χ1) is 10.6. The highest BCUT2D eigenvalue weighted by Gasteiger charge is 2.22. The Morgan fingerprint density at radius 2 is 2.23 bits per heavy atom. The third-order valence-corrected chi connectivity index (χ3v) is 4.27. The number of rotatable bonds is 6. The minimum Gasteiger partial charge on any atom is -0.493 e. The van der Waals surface area contributed by atoms with Gasteiger partial charge < -0.3 is 15.0 Å². The number of nitrogens with one attached hydrogen (secondary N) is 1. The van der Waals surface area contributed by atoms with E-state index < -0.39 is 0 Å². The van der Waals surface area contributed by atoms with Gasteiger partial charge in [-0.05, 0) is 57.8 Å². The number of carbonyl (C=O) groups is 1. The van der Waals surface area contributed by atoms with E-state index in [1.54, 1.807) is 0 Å². The lowest BCUT2D eigenvalue weighted by atomic mass is 9.98. The largest absolute Gasteiger partial charge is 0.493 e. The topological polar surface area (TPSA) is 41.6 Å². The second-order valence-electron chi connectivity index (χ2n) is 6.27. The van der Waals surface area contributed by atoms with Gasteiger partial charge in [0.25, 0.3) is 0 Å². The first kappa shape index (κ1) is 16.8. The summed E-state index contributed by atoms with van der Waals surface area (Å²) in [6, 6.07) is 6.13. The predicted molar refractivity (Wildman–Crippen MR) is 89.3 cm³/mol. The smallest absolute Gasteiger partial charge is 0.226 e. The van der Waals surface area contributed by atoms with Crippen LogP contribution in [0.3, 0.4) is 0 Å². The van der Waals surface area contributed by atoms with Crippen molar-refractivity contribution in [1.82, 2.24) is 10.2 Å². The van der Waals surface area contributed by atoms with Crippen molar-refractivity contribution in [1.29, 1.82) is 0 Å². The SMILES string of the molecule is CNCC1CCCN(C(=O)CCOc2ccc(C)cc2C)C1. The van der Waals surface area contributed by atoms with Gasteiger partial charge in [-0.3, -0.25) is 4.79 Å². The van der Waals surface area contributed by atoms with Crippen LogP contribution in [0.2, 0.25) is 0 Å². The Labute approximate surface area is 133 Å². The fraction of sp³-hybridized carbons (Fsp3) is 0.611. The molecular weight excluding hydrogens is 276 g/mol. The molecule has 0 saturated carbocycles. The van der Waals surface area contributed by atoms with Crippen LogP contribution in [0.15, 0.2) is 18.2 Å². The minimum absolute atomic E-state index is 0.213. The molecule has 0 spiro atoms. The van der Waals surface area contributed by atoms with Gasteiger partial charge in [-0.15, -0.1) is 0 Å². The number of aryl methyl sites for hydroxylation is 2. The molecule has 1 N–H and O–H groups in total. The van der Waals surface area contributed by atoms with Crippen LogP contribution < -0.4 is 10.1 Å². The van der Waals surface area contributed by atoms with Gasteiger partial charge in [0.2, 0.25) is 5.91 Å². The maximum absolute atomic E-state index is 12.3. The van der Waals surface area contributed by atoms with Crippen molar-refractivity contribution in [3.63, 3.8) is 0 Å². The van der Waals surface area contributed by atoms with Crippen molar-refractivity contribution in [2.75, 3.05) is 33.3 Å². The molecular formula is C18H28N2O2. The van der Waals surface area contributed by atoms with Crippen molar-refractivity contribution >= 4 is 5.91 Å². The number of hydrogen-bond acceptors (Lipinski definition) is 3. The minimum atomic E-state index is 0.213. The second kappa shape index (κ2) is 8.18. The summed E-state index contributed by atoms with van der Waals surface area (Å²) in [4.78, 5) is 14.3. The Balaban J connectivity index is 1.77. The van der Waals surface area contributed by atoms with E-state index in [0.717, 1.165) is 37.4 Å². The summed E-state index contributed by atoms with van der Waals surface area (Å²) < 4.78 is 5.77. The van der Waals surface area contributed by atoms with E-state index in [-0.39, 0.29) is 5.91 Å². The lowest BCUT2D eigenvalue weighted by molar-refractivity contribution is -0.133. The summed E-state index contributed by atoms with van der Waals surface area (Å²) in [6.07, 6.45) is 2.78. The third-order valence-electron chi connectivity index (χ3n) is 4.27. The first-order valence-corrected chi connectivity index (χ1v) is 8.22. The fourth-order valence-corrected chi connectivity index (χ4v) is 3.11. The van der Waals surface area contributed by atoms with E-state index in [4.69, 9.17) is 4.74 Å². The van der Waals surface area contributed by atoms with Gasteiger partial charge in [0.15, 0.2) is 0 Å². The molecule has 1 aliphatic heterocycles. The van der Waals surface area contributed by atoms with Crippen LogP contribution in [-0.2, 0) is 4.79 Å². The third kappa shape index (κ3) is 4.73. The summed E-state index contributed by atoms with van der Waals surface area (Å²) in [5.74, 6) is 1.68. The van der Waals surface area contributed by atoms with Gasteiger partial charge in [0.05, 0.1) is 13.0 Å². The zero-order valence-electron chi connectivity index (χ0n) is 14.0. The zero-order chi connectivity index (χ0) is 15.9. The van der Waals surface area contributed by atoms with Gasteiger partial charge in [0, 0.05) is 13.1 Å². The Morgan fingerprint density at radius 3 is 2.95 bits per heavy atom. The molecule has 1 saturated heterocycles. The molecule has 0 radical (unpaired) electrons. The van der Waals surface area contributed by atoms with Crippen LogP contribution in [0, 0.1) is 19.8 Å². The van der Waals surface area contributed by atoms with Crippen molar-refractivity contribution in [2.45, 2.75) is 33.1 Å². The first-order valence-electron chi connectivity index (χ1n) is 8.22. The molecule has 1 fully saturated rings. The molecule has 1 heterocycles. The number of ether oxygens (including phenoxy) is 1. The molecule has 1 unspecified atom stereocenters. The summed E-state index contributed by atoms with van der Waals surface area (Å²) in [5, 5.41) is 3.21. The van der Waals surface area contributed by atoms with Crippen LogP contribution in [0.5, 0.6) is 5.75 Å². The molecule has 122 valence electrons. The van der Waals surface area contributed by atoms with Gasteiger partial charge >= 0.3 is 0 Å². The molecule has 1 aliphatic rings. The normalized spacial score (nSPS) is 18.3. The lowest BCUT2D eigenvalue weighted by Crippen LogP contribution is -2.42. The van der Waals surface area contributed by atoms with Crippen LogP contribution in [-0.4, -0.2) is 44.1 Å². The highest BCUT2D eigenvalue weighted by atomic mass is 16.5. The monoisotopic (exact) mass is 304 g/mol. The standard InChI is InChI=1S/C18H28N2O2/c1-14-6-7-17(15(2)11-14)22-10-8-18(21)20-9-4-5-16(13-20)12-19-3/h6-7,11,16,19H,4-5,8-10,12-13H2,1-3H3. The van der Waals surface area contributed by atoms with E-state index in [0.29, 0.717) is 18.9 Å². The number of piperidine rings is 1. The molecule has 0 aromatic heterocycles. The fourth-order valence-electron chi connectivity index (χ4n) is 3.11. The summed E-state index contributed by atoms with van der Waals surface area (Å²) in [5.41, 5.74) is 2.35. The maximum atomic E-state index is 12.3. The Hall–Kier alpha value is -1.55. The summed E-state index contributed by atoms with van der Waals surface area (Å²) in [7, 11) is 1.97. The number of nitrogens with zero attached hydrogens (tertiary/aromatic N) is 1. The number of hydrogen-bond donors (Lipinski definition) is 1. The van der Waals surface area contributed by atoms with Crippen LogP contribution in [0.1, 0.15) is 30.4 Å². The summed E-state index contributed by atoms with van der Waals surface area (Å²) >= 11 is 0. The summed E-state index contributed by atoms with van der Waals surface area (Å²) in [6.45, 7) is 7.32. The molecule has 22 heavy (non-hydrogen) atoms. The van der Waals surface area contributed by atoms with Crippen molar-refractivity contribution in [3.8, 4) is 5.75 Å². The predicted octanol–water partition coefficient (Wildman–Crippen LogP) is 2.53. The van der Waals surface area contributed by atoms with Crippen molar-refractivity contribution < 1.29 is 9.53 Å². The molecule has 0 aliphatic carbocycles. The Morgan fingerprint density at radius 1 is 1.41 bits per heavy atom. The van der Waals surface area contributed by atoms with Gasteiger partial charge in [0.1, 0.15) is 5.75 Å². The van der Waals surface area contributed by atoms with E-state index in [9.17, 15) is 4.79 Å². The lowest BCUT2D eigenvalue weighted by Gasteiger charge is -2.32. The van der Waals surface area contributed by atoms with E-state index >= 15 is 0 Å². The number of benzene rings is 1. The van der Waals surface area contributed by atoms with Gasteiger partial charge in [-0.1, -0.05) is 17.7 Å². The van der Waals surface area contributed by atoms with Gasteiger partial charge in [-0.2, -0.15) is 0 Å². The van der Waals surface area contributed by atoms with Crippen LogP contribution in [0.4, 0.5) is 0 Å². The molecule has 4 heteroatoms. The highest BCUT2D eigenvalue weighted by Crippen LogP contribution is 2.20. The Bertz CT molecular complexity index is 500. The van der Waals surface area contributed by atoms with E-state index in [1.165, 1.54) is 12.0 Å². The molecule has 1 atom stereocenters. The van der Waals surface area contributed by atoms with Crippen LogP contribution >= 0.6 is 0 Å². The molecule has 1 aromatic rings. The average Bonchev–Trinajstić information content (AvgIpc) is 2.50. The van der Waals surface area contributed by atoms with Crippen LogP contribution in [0.25, 0.3) is 0 Å². The second-order valence-corrected chi connectivity index (χ2v) is 6.27.